The summed E-state index contributed by atoms with van der Waals surface area (Å²) in [7, 11) is 0. The van der Waals surface area contributed by atoms with E-state index in [0.29, 0.717) is 19.4 Å². The van der Waals surface area contributed by atoms with Gasteiger partial charge in [-0.15, -0.1) is 11.3 Å². The van der Waals surface area contributed by atoms with E-state index in [1.165, 1.54) is 0 Å². The fourth-order valence-electron chi connectivity index (χ4n) is 2.47. The molecule has 104 valence electrons. The molecule has 0 aromatic carbocycles. The predicted octanol–water partition coefficient (Wildman–Crippen LogP) is 2.15. The van der Waals surface area contributed by atoms with Gasteiger partial charge in [0.1, 0.15) is 12.1 Å². The van der Waals surface area contributed by atoms with Crippen molar-refractivity contribution >= 4 is 23.2 Å². The molecule has 1 N–H and O–H groups in total. The van der Waals surface area contributed by atoms with Gasteiger partial charge in [0.05, 0.1) is 6.54 Å². The summed E-state index contributed by atoms with van der Waals surface area (Å²) in [4.78, 5) is 27.4. The summed E-state index contributed by atoms with van der Waals surface area (Å²) in [5.74, 6) is 0.0406. The third-order valence-corrected chi connectivity index (χ3v) is 4.31. The molecule has 2 atom stereocenters. The van der Waals surface area contributed by atoms with Crippen molar-refractivity contribution in [2.24, 2.45) is 0 Å². The Morgan fingerprint density at radius 3 is 2.74 bits per heavy atom. The molecule has 2 unspecified atom stereocenters. The lowest BCUT2D eigenvalue weighted by atomic mass is 10.0. The van der Waals surface area contributed by atoms with Crippen LogP contribution in [0.25, 0.3) is 0 Å². The minimum atomic E-state index is -0.347. The van der Waals surface area contributed by atoms with E-state index < -0.39 is 0 Å². The largest absolute Gasteiger partial charge is 0.343 e. The molecule has 0 bridgehead atoms. The molecular formula is C14H20N2O2S. The maximum atomic E-state index is 12.5. The standard InChI is InChI=1S/C14H20N2O2S/c1-3-6-11-14(18)16(9-10-7-5-8-19-10)12(4-2)13(17)15-11/h5,7-8,11-12H,3-4,6,9H2,1-2H3,(H,15,17). The van der Waals surface area contributed by atoms with Crippen LogP contribution in [0.15, 0.2) is 17.5 Å². The Kier molecular flexibility index (Phi) is 4.58. The van der Waals surface area contributed by atoms with Crippen molar-refractivity contribution in [3.8, 4) is 0 Å². The lowest BCUT2D eigenvalue weighted by molar-refractivity contribution is -0.150. The summed E-state index contributed by atoms with van der Waals surface area (Å²) in [6.07, 6.45) is 2.25. The quantitative estimate of drug-likeness (QED) is 0.898. The summed E-state index contributed by atoms with van der Waals surface area (Å²) in [6.45, 7) is 4.51. The van der Waals surface area contributed by atoms with Gasteiger partial charge in [-0.2, -0.15) is 0 Å². The first-order chi connectivity index (χ1) is 9.17. The molecule has 1 aromatic heterocycles. The second kappa shape index (κ2) is 6.19. The normalized spacial score (nSPS) is 23.6. The highest BCUT2D eigenvalue weighted by Gasteiger charge is 2.38. The van der Waals surface area contributed by atoms with Gasteiger partial charge in [-0.1, -0.05) is 26.3 Å². The molecule has 19 heavy (non-hydrogen) atoms. The van der Waals surface area contributed by atoms with Gasteiger partial charge in [-0.05, 0) is 24.3 Å². The third-order valence-electron chi connectivity index (χ3n) is 3.45. The molecule has 4 nitrogen and oxygen atoms in total. The van der Waals surface area contributed by atoms with Crippen LogP contribution < -0.4 is 5.32 Å². The Labute approximate surface area is 117 Å². The molecule has 2 amide bonds. The highest BCUT2D eigenvalue weighted by molar-refractivity contribution is 7.09. The number of hydrogen-bond donors (Lipinski definition) is 1. The van der Waals surface area contributed by atoms with Gasteiger partial charge >= 0.3 is 0 Å². The number of carbonyl (C=O) groups excluding carboxylic acids is 2. The molecule has 2 rings (SSSR count). The van der Waals surface area contributed by atoms with E-state index >= 15 is 0 Å². The van der Waals surface area contributed by atoms with Crippen LogP contribution in [0.4, 0.5) is 0 Å². The molecule has 5 heteroatoms. The van der Waals surface area contributed by atoms with Gasteiger partial charge in [0, 0.05) is 4.88 Å². The average molecular weight is 280 g/mol. The maximum Gasteiger partial charge on any atom is 0.246 e. The number of nitrogens with one attached hydrogen (secondary N) is 1. The van der Waals surface area contributed by atoms with Crippen molar-refractivity contribution in [1.29, 1.82) is 0 Å². The van der Waals surface area contributed by atoms with Gasteiger partial charge in [-0.25, -0.2) is 0 Å². The highest BCUT2D eigenvalue weighted by Crippen LogP contribution is 2.20. The summed E-state index contributed by atoms with van der Waals surface area (Å²) in [5.41, 5.74) is 0. The Bertz CT molecular complexity index is 444. The first-order valence-corrected chi connectivity index (χ1v) is 7.68. The fourth-order valence-corrected chi connectivity index (χ4v) is 3.18. The van der Waals surface area contributed by atoms with Crippen molar-refractivity contribution < 1.29 is 9.59 Å². The van der Waals surface area contributed by atoms with Crippen LogP contribution in [0.5, 0.6) is 0 Å². The summed E-state index contributed by atoms with van der Waals surface area (Å²) < 4.78 is 0. The first kappa shape index (κ1) is 14.1. The van der Waals surface area contributed by atoms with E-state index in [1.807, 2.05) is 31.4 Å². The molecular weight excluding hydrogens is 260 g/mol. The molecule has 0 spiro atoms. The zero-order chi connectivity index (χ0) is 13.8. The molecule has 0 radical (unpaired) electrons. The number of thiophene rings is 1. The van der Waals surface area contributed by atoms with Crippen LogP contribution in [0.1, 0.15) is 38.0 Å². The monoisotopic (exact) mass is 280 g/mol. The molecule has 1 aliphatic rings. The summed E-state index contributed by atoms with van der Waals surface area (Å²) >= 11 is 1.62. The zero-order valence-corrected chi connectivity index (χ0v) is 12.2. The zero-order valence-electron chi connectivity index (χ0n) is 11.4. The topological polar surface area (TPSA) is 49.4 Å². The number of carbonyl (C=O) groups is 2. The predicted molar refractivity (Wildman–Crippen MR) is 75.8 cm³/mol. The minimum Gasteiger partial charge on any atom is -0.343 e. The van der Waals surface area contributed by atoms with Gasteiger partial charge < -0.3 is 10.2 Å². The molecule has 1 saturated heterocycles. The molecule has 1 aromatic rings. The number of hydrogen-bond acceptors (Lipinski definition) is 3. The van der Waals surface area contributed by atoms with Crippen LogP contribution >= 0.6 is 11.3 Å². The Hall–Kier alpha value is -1.36. The lowest BCUT2D eigenvalue weighted by Gasteiger charge is -2.38. The van der Waals surface area contributed by atoms with E-state index in [2.05, 4.69) is 5.32 Å². The number of rotatable bonds is 5. The number of piperazine rings is 1. The van der Waals surface area contributed by atoms with Gasteiger partial charge in [0.2, 0.25) is 11.8 Å². The van der Waals surface area contributed by atoms with E-state index in [9.17, 15) is 9.59 Å². The smallest absolute Gasteiger partial charge is 0.246 e. The number of nitrogens with zero attached hydrogens (tertiary/aromatic N) is 1. The van der Waals surface area contributed by atoms with Gasteiger partial charge in [0.25, 0.3) is 0 Å². The van der Waals surface area contributed by atoms with Crippen LogP contribution in [-0.4, -0.2) is 28.8 Å². The maximum absolute atomic E-state index is 12.5. The van der Waals surface area contributed by atoms with Crippen LogP contribution in [0, 0.1) is 0 Å². The lowest BCUT2D eigenvalue weighted by Crippen LogP contribution is -2.62. The van der Waals surface area contributed by atoms with E-state index in [0.717, 1.165) is 11.3 Å². The highest BCUT2D eigenvalue weighted by atomic mass is 32.1. The minimum absolute atomic E-state index is 0.0166. The second-order valence-electron chi connectivity index (χ2n) is 4.82. The van der Waals surface area contributed by atoms with Crippen molar-refractivity contribution in [3.63, 3.8) is 0 Å². The van der Waals surface area contributed by atoms with Crippen LogP contribution in [-0.2, 0) is 16.1 Å². The third kappa shape index (κ3) is 2.97. The molecule has 1 fully saturated rings. The van der Waals surface area contributed by atoms with E-state index in [1.54, 1.807) is 16.2 Å². The summed E-state index contributed by atoms with van der Waals surface area (Å²) in [5, 5.41) is 4.85. The number of amides is 2. The van der Waals surface area contributed by atoms with E-state index in [-0.39, 0.29) is 23.9 Å². The van der Waals surface area contributed by atoms with Crippen molar-refractivity contribution in [1.82, 2.24) is 10.2 Å². The average Bonchev–Trinajstić information content (AvgIpc) is 2.89. The van der Waals surface area contributed by atoms with Crippen LogP contribution in [0.3, 0.4) is 0 Å². The Morgan fingerprint density at radius 2 is 2.16 bits per heavy atom. The van der Waals surface area contributed by atoms with Crippen molar-refractivity contribution in [2.45, 2.75) is 51.7 Å². The molecule has 0 aliphatic carbocycles. The molecule has 2 heterocycles. The molecule has 1 aliphatic heterocycles. The second-order valence-corrected chi connectivity index (χ2v) is 5.85. The van der Waals surface area contributed by atoms with Crippen LogP contribution in [0.2, 0.25) is 0 Å². The van der Waals surface area contributed by atoms with Gasteiger partial charge in [-0.3, -0.25) is 9.59 Å². The van der Waals surface area contributed by atoms with E-state index in [4.69, 9.17) is 0 Å². The Balaban J connectivity index is 2.18. The SMILES string of the molecule is CCCC1NC(=O)C(CC)N(Cc2cccs2)C1=O. The summed E-state index contributed by atoms with van der Waals surface area (Å²) in [6, 6.07) is 3.30. The van der Waals surface area contributed by atoms with Crippen molar-refractivity contribution in [2.75, 3.05) is 0 Å². The Morgan fingerprint density at radius 1 is 1.37 bits per heavy atom. The van der Waals surface area contributed by atoms with Crippen molar-refractivity contribution in [3.05, 3.63) is 22.4 Å². The molecule has 0 saturated carbocycles. The van der Waals surface area contributed by atoms with Gasteiger partial charge in [0.15, 0.2) is 0 Å². The first-order valence-electron chi connectivity index (χ1n) is 6.80. The fraction of sp³-hybridized carbons (Fsp3) is 0.571.